The molecule has 0 unspecified atom stereocenters. The third-order valence-corrected chi connectivity index (χ3v) is 5.68. The molecule has 0 bridgehead atoms. The van der Waals surface area contributed by atoms with Crippen molar-refractivity contribution in [2.24, 2.45) is 7.05 Å². The molecule has 1 fully saturated rings. The van der Waals surface area contributed by atoms with E-state index >= 15 is 0 Å². The summed E-state index contributed by atoms with van der Waals surface area (Å²) in [6, 6.07) is 12.6. The first-order valence-electron chi connectivity index (χ1n) is 10.2. The number of fused-ring (bicyclic) bond motifs is 1. The highest BCUT2D eigenvalue weighted by Gasteiger charge is 2.15. The number of nitrogens with one attached hydrogen (secondary N) is 1. The molecule has 4 heterocycles. The summed E-state index contributed by atoms with van der Waals surface area (Å²) in [5, 5.41) is 12.5. The Labute approximate surface area is 175 Å². The Hall–Kier alpha value is -3.39. The monoisotopic (exact) mass is 402 g/mol. The van der Waals surface area contributed by atoms with E-state index in [1.54, 1.807) is 0 Å². The van der Waals surface area contributed by atoms with Crippen LogP contribution in [0.1, 0.15) is 5.69 Å². The molecule has 0 saturated carbocycles. The molecule has 8 heteroatoms. The van der Waals surface area contributed by atoms with Crippen molar-refractivity contribution in [3.63, 3.8) is 0 Å². The number of nitrogens with zero attached hydrogens (tertiary/aromatic N) is 7. The van der Waals surface area contributed by atoms with Gasteiger partial charge in [0.15, 0.2) is 0 Å². The topological polar surface area (TPSA) is 66.5 Å². The lowest BCUT2D eigenvalue weighted by Crippen LogP contribution is -2.44. The van der Waals surface area contributed by atoms with Crippen molar-refractivity contribution in [1.29, 1.82) is 0 Å². The van der Waals surface area contributed by atoms with Gasteiger partial charge in [0.1, 0.15) is 0 Å². The van der Waals surface area contributed by atoms with E-state index in [2.05, 4.69) is 62.6 Å². The summed E-state index contributed by atoms with van der Waals surface area (Å²) in [4.78, 5) is 9.27. The van der Waals surface area contributed by atoms with Crippen LogP contribution in [0.2, 0.25) is 0 Å². The van der Waals surface area contributed by atoms with Gasteiger partial charge < -0.3 is 15.1 Å². The van der Waals surface area contributed by atoms with Gasteiger partial charge in [-0.2, -0.15) is 5.10 Å². The highest BCUT2D eigenvalue weighted by molar-refractivity contribution is 5.68. The van der Waals surface area contributed by atoms with Crippen LogP contribution in [0, 0.1) is 6.92 Å². The van der Waals surface area contributed by atoms with Gasteiger partial charge in [0.25, 0.3) is 0 Å². The van der Waals surface area contributed by atoms with E-state index in [1.165, 1.54) is 5.69 Å². The van der Waals surface area contributed by atoms with Crippen molar-refractivity contribution in [2.75, 3.05) is 43.4 Å². The van der Waals surface area contributed by atoms with Crippen LogP contribution in [-0.2, 0) is 7.05 Å². The second-order valence-electron chi connectivity index (χ2n) is 7.90. The molecule has 1 saturated heterocycles. The van der Waals surface area contributed by atoms with E-state index in [-0.39, 0.29) is 0 Å². The van der Waals surface area contributed by atoms with Crippen LogP contribution in [0.15, 0.2) is 48.8 Å². The lowest BCUT2D eigenvalue weighted by molar-refractivity contribution is 0.313. The van der Waals surface area contributed by atoms with Gasteiger partial charge in [0.05, 0.1) is 23.1 Å². The van der Waals surface area contributed by atoms with Gasteiger partial charge in [-0.15, -0.1) is 5.10 Å². The maximum Gasteiger partial charge on any atom is 0.245 e. The zero-order chi connectivity index (χ0) is 20.7. The number of aryl methyl sites for hydroxylation is 2. The van der Waals surface area contributed by atoms with E-state index in [0.717, 1.165) is 54.3 Å². The molecule has 1 N–H and O–H groups in total. The van der Waals surface area contributed by atoms with Gasteiger partial charge in [0, 0.05) is 56.4 Å². The summed E-state index contributed by atoms with van der Waals surface area (Å²) in [5.41, 5.74) is 6.22. The highest BCUT2D eigenvalue weighted by Crippen LogP contribution is 2.25. The van der Waals surface area contributed by atoms with Gasteiger partial charge in [-0.25, -0.2) is 9.50 Å². The first kappa shape index (κ1) is 18.6. The predicted octanol–water partition coefficient (Wildman–Crippen LogP) is 2.93. The average Bonchev–Trinajstić information content (AvgIpc) is 3.31. The Morgan fingerprint density at radius 3 is 2.37 bits per heavy atom. The van der Waals surface area contributed by atoms with E-state index < -0.39 is 0 Å². The van der Waals surface area contributed by atoms with Gasteiger partial charge in [0.2, 0.25) is 5.95 Å². The maximum absolute atomic E-state index is 4.72. The summed E-state index contributed by atoms with van der Waals surface area (Å²) >= 11 is 0. The van der Waals surface area contributed by atoms with Crippen molar-refractivity contribution < 1.29 is 0 Å². The molecule has 1 aliphatic heterocycles. The van der Waals surface area contributed by atoms with E-state index in [0.29, 0.717) is 5.95 Å². The molecule has 3 aromatic heterocycles. The summed E-state index contributed by atoms with van der Waals surface area (Å²) in [6.07, 6.45) is 3.85. The van der Waals surface area contributed by atoms with E-state index in [9.17, 15) is 0 Å². The molecule has 8 nitrogen and oxygen atoms in total. The average molecular weight is 403 g/mol. The molecule has 0 radical (unpaired) electrons. The van der Waals surface area contributed by atoms with Gasteiger partial charge in [-0.3, -0.25) is 4.68 Å². The zero-order valence-electron chi connectivity index (χ0n) is 17.6. The fourth-order valence-corrected chi connectivity index (χ4v) is 3.96. The first-order chi connectivity index (χ1) is 14.6. The maximum atomic E-state index is 4.72. The number of anilines is 3. The van der Waals surface area contributed by atoms with E-state index in [4.69, 9.17) is 5.10 Å². The van der Waals surface area contributed by atoms with Crippen molar-refractivity contribution in [3.8, 4) is 11.3 Å². The summed E-state index contributed by atoms with van der Waals surface area (Å²) in [5.74, 6) is 0.564. The summed E-state index contributed by atoms with van der Waals surface area (Å²) < 4.78 is 3.74. The molecule has 0 aliphatic carbocycles. The smallest absolute Gasteiger partial charge is 0.245 e. The minimum absolute atomic E-state index is 0.564. The third kappa shape index (κ3) is 3.50. The number of likely N-dealkylation sites (N-methyl/N-ethyl adjacent to an activating group) is 1. The standard InChI is InChI=1S/C22H26N8/c1-16-20(15-28(3)25-16)21-9-8-19-14-23-22(26-30(19)21)24-17-4-6-18(7-5-17)29-12-10-27(2)11-13-29/h4-9,14-15H,10-13H2,1-3H3,(H,24,26). The van der Waals surface area contributed by atoms with Crippen LogP contribution in [0.3, 0.4) is 0 Å². The molecular formula is C22H26N8. The molecule has 0 spiro atoms. The number of piperazine rings is 1. The lowest BCUT2D eigenvalue weighted by Gasteiger charge is -2.34. The zero-order valence-corrected chi connectivity index (χ0v) is 17.6. The second kappa shape index (κ2) is 7.46. The Kier molecular flexibility index (Phi) is 4.63. The number of rotatable bonds is 4. The van der Waals surface area contributed by atoms with Gasteiger partial charge in [-0.05, 0) is 50.4 Å². The SMILES string of the molecule is Cc1nn(C)cc1-c1ccc2cnc(Nc3ccc(N4CCN(C)CC4)cc3)nn12. The van der Waals surface area contributed by atoms with E-state index in [1.807, 2.05) is 41.6 Å². The van der Waals surface area contributed by atoms with Crippen LogP contribution in [0.4, 0.5) is 17.3 Å². The Morgan fingerprint density at radius 2 is 1.67 bits per heavy atom. The molecular weight excluding hydrogens is 376 g/mol. The lowest BCUT2D eigenvalue weighted by atomic mass is 10.2. The molecule has 0 atom stereocenters. The van der Waals surface area contributed by atoms with Gasteiger partial charge >= 0.3 is 0 Å². The molecule has 1 aliphatic rings. The molecule has 154 valence electrons. The van der Waals surface area contributed by atoms with Crippen LogP contribution >= 0.6 is 0 Å². The molecule has 4 aromatic rings. The highest BCUT2D eigenvalue weighted by atomic mass is 15.3. The molecule has 1 aromatic carbocycles. The Bertz CT molecular complexity index is 1170. The minimum atomic E-state index is 0.564. The summed E-state index contributed by atoms with van der Waals surface area (Å²) in [7, 11) is 4.10. The second-order valence-corrected chi connectivity index (χ2v) is 7.90. The molecule has 30 heavy (non-hydrogen) atoms. The van der Waals surface area contributed by atoms with Crippen molar-refractivity contribution in [2.45, 2.75) is 6.92 Å². The Balaban J connectivity index is 1.38. The van der Waals surface area contributed by atoms with Crippen LogP contribution in [-0.4, -0.2) is 62.5 Å². The van der Waals surface area contributed by atoms with Crippen LogP contribution < -0.4 is 10.2 Å². The molecule has 0 amide bonds. The Morgan fingerprint density at radius 1 is 0.900 bits per heavy atom. The number of hydrogen-bond acceptors (Lipinski definition) is 6. The third-order valence-electron chi connectivity index (χ3n) is 5.68. The number of benzene rings is 1. The van der Waals surface area contributed by atoms with Crippen LogP contribution in [0.5, 0.6) is 0 Å². The normalized spacial score (nSPS) is 15.1. The quantitative estimate of drug-likeness (QED) is 0.566. The molecule has 5 rings (SSSR count). The van der Waals surface area contributed by atoms with Crippen molar-refractivity contribution >= 4 is 22.8 Å². The minimum Gasteiger partial charge on any atom is -0.369 e. The van der Waals surface area contributed by atoms with Crippen molar-refractivity contribution in [1.82, 2.24) is 29.3 Å². The fourth-order valence-electron chi connectivity index (χ4n) is 3.96. The largest absolute Gasteiger partial charge is 0.369 e. The summed E-state index contributed by atoms with van der Waals surface area (Å²) in [6.45, 7) is 6.34. The van der Waals surface area contributed by atoms with Crippen LogP contribution in [0.25, 0.3) is 16.8 Å². The predicted molar refractivity (Wildman–Crippen MR) is 119 cm³/mol. The first-order valence-corrected chi connectivity index (χ1v) is 10.2. The number of hydrogen-bond donors (Lipinski definition) is 1. The fraction of sp³-hybridized carbons (Fsp3) is 0.318. The van der Waals surface area contributed by atoms with Crippen molar-refractivity contribution in [3.05, 3.63) is 54.5 Å². The number of aromatic nitrogens is 5. The van der Waals surface area contributed by atoms with Gasteiger partial charge in [-0.1, -0.05) is 0 Å².